The predicted octanol–water partition coefficient (Wildman–Crippen LogP) is 3.52. The molecule has 0 fully saturated rings. The third-order valence-corrected chi connectivity index (χ3v) is 4.91. The third kappa shape index (κ3) is 3.43. The minimum absolute atomic E-state index is 0.0192. The summed E-state index contributed by atoms with van der Waals surface area (Å²) in [4.78, 5) is 26.2. The number of nitrogens with one attached hydrogen (secondary N) is 1. The van der Waals surface area contributed by atoms with E-state index < -0.39 is 0 Å². The van der Waals surface area contributed by atoms with Crippen molar-refractivity contribution >= 4 is 28.8 Å². The van der Waals surface area contributed by atoms with Crippen molar-refractivity contribution in [1.82, 2.24) is 4.90 Å². The van der Waals surface area contributed by atoms with Gasteiger partial charge in [0.2, 0.25) is 0 Å². The number of hydrogen-bond acceptors (Lipinski definition) is 4. The summed E-state index contributed by atoms with van der Waals surface area (Å²) in [6, 6.07) is 7.34. The van der Waals surface area contributed by atoms with Crippen molar-refractivity contribution in [3.8, 4) is 5.75 Å². The maximum Gasteiger partial charge on any atom is 0.262 e. The first-order chi connectivity index (χ1) is 11.6. The second-order valence-electron chi connectivity index (χ2n) is 5.87. The van der Waals surface area contributed by atoms with Crippen LogP contribution in [0.1, 0.15) is 36.2 Å². The normalized spacial score (nSPS) is 14.3. The molecule has 2 amide bonds. The first-order valence-electron chi connectivity index (χ1n) is 7.97. The lowest BCUT2D eigenvalue weighted by molar-refractivity contribution is -0.118. The standard InChI is InChI=1S/C18H20N2O3S/c1-3-12(2)20(9-13-6-7-24-11-13)18(22)14-4-5-15-16(8-14)23-10-17(21)19-15/h4-8,11-12H,3,9-10H2,1-2H3,(H,19,21)/t12-/m0/s1. The van der Waals surface area contributed by atoms with Gasteiger partial charge in [-0.2, -0.15) is 11.3 Å². The summed E-state index contributed by atoms with van der Waals surface area (Å²) in [7, 11) is 0. The lowest BCUT2D eigenvalue weighted by Crippen LogP contribution is -2.37. The van der Waals surface area contributed by atoms with Gasteiger partial charge < -0.3 is 15.0 Å². The Morgan fingerprint density at radius 1 is 1.42 bits per heavy atom. The number of hydrogen-bond donors (Lipinski definition) is 1. The van der Waals surface area contributed by atoms with Crippen molar-refractivity contribution in [3.63, 3.8) is 0 Å². The van der Waals surface area contributed by atoms with Gasteiger partial charge in [-0.3, -0.25) is 9.59 Å². The quantitative estimate of drug-likeness (QED) is 0.903. The Balaban J connectivity index is 1.85. The molecule has 2 aromatic rings. The van der Waals surface area contributed by atoms with Gasteiger partial charge in [0.25, 0.3) is 11.8 Å². The number of ether oxygens (including phenoxy) is 1. The molecular weight excluding hydrogens is 324 g/mol. The molecule has 0 spiro atoms. The SMILES string of the molecule is CC[C@H](C)N(Cc1ccsc1)C(=O)c1ccc2c(c1)OCC(=O)N2. The van der Waals surface area contributed by atoms with Crippen LogP contribution >= 0.6 is 11.3 Å². The Hall–Kier alpha value is -2.34. The van der Waals surface area contributed by atoms with Crippen LogP contribution in [-0.4, -0.2) is 29.4 Å². The van der Waals surface area contributed by atoms with Crippen molar-refractivity contribution in [2.45, 2.75) is 32.9 Å². The lowest BCUT2D eigenvalue weighted by Gasteiger charge is -2.29. The van der Waals surface area contributed by atoms with E-state index in [-0.39, 0.29) is 24.5 Å². The number of fused-ring (bicyclic) bond motifs is 1. The fraction of sp³-hybridized carbons (Fsp3) is 0.333. The van der Waals surface area contributed by atoms with Crippen molar-refractivity contribution in [2.24, 2.45) is 0 Å². The molecule has 0 aliphatic carbocycles. The zero-order valence-electron chi connectivity index (χ0n) is 13.7. The fourth-order valence-electron chi connectivity index (χ4n) is 2.60. The van der Waals surface area contributed by atoms with Gasteiger partial charge in [-0.1, -0.05) is 6.92 Å². The second kappa shape index (κ2) is 7.05. The second-order valence-corrected chi connectivity index (χ2v) is 6.65. The number of thiophene rings is 1. The van der Waals surface area contributed by atoms with Crippen molar-refractivity contribution in [1.29, 1.82) is 0 Å². The van der Waals surface area contributed by atoms with E-state index in [1.54, 1.807) is 29.5 Å². The highest BCUT2D eigenvalue weighted by Crippen LogP contribution is 2.29. The minimum Gasteiger partial charge on any atom is -0.482 e. The topological polar surface area (TPSA) is 58.6 Å². The van der Waals surface area contributed by atoms with Crippen LogP contribution in [0.25, 0.3) is 0 Å². The molecule has 0 unspecified atom stereocenters. The Bertz CT molecular complexity index is 743. The van der Waals surface area contributed by atoms with Gasteiger partial charge in [0.15, 0.2) is 6.61 Å². The summed E-state index contributed by atoms with van der Waals surface area (Å²) in [6.07, 6.45) is 0.882. The lowest BCUT2D eigenvalue weighted by atomic mass is 10.1. The molecule has 3 rings (SSSR count). The molecule has 24 heavy (non-hydrogen) atoms. The summed E-state index contributed by atoms with van der Waals surface area (Å²) < 4.78 is 5.42. The molecule has 5 nitrogen and oxygen atoms in total. The van der Waals surface area contributed by atoms with E-state index in [4.69, 9.17) is 4.74 Å². The number of amides is 2. The molecule has 6 heteroatoms. The van der Waals surface area contributed by atoms with Crippen molar-refractivity contribution in [2.75, 3.05) is 11.9 Å². The summed E-state index contributed by atoms with van der Waals surface area (Å²) in [6.45, 7) is 4.70. The zero-order valence-corrected chi connectivity index (χ0v) is 14.6. The van der Waals surface area contributed by atoms with Crippen LogP contribution in [0.5, 0.6) is 5.75 Å². The number of anilines is 1. The van der Waals surface area contributed by atoms with Gasteiger partial charge >= 0.3 is 0 Å². The van der Waals surface area contributed by atoms with Crippen LogP contribution in [0, 0.1) is 0 Å². The molecule has 0 saturated carbocycles. The number of nitrogens with zero attached hydrogens (tertiary/aromatic N) is 1. The van der Waals surface area contributed by atoms with Crippen LogP contribution in [0.4, 0.5) is 5.69 Å². The molecule has 1 aromatic heterocycles. The molecule has 0 radical (unpaired) electrons. The molecular formula is C18H20N2O3S. The van der Waals surface area contributed by atoms with Crippen LogP contribution in [0.2, 0.25) is 0 Å². The summed E-state index contributed by atoms with van der Waals surface area (Å²) >= 11 is 1.63. The molecule has 1 atom stereocenters. The summed E-state index contributed by atoms with van der Waals surface area (Å²) in [5, 5.41) is 6.82. The Labute approximate surface area is 145 Å². The van der Waals surface area contributed by atoms with E-state index in [1.165, 1.54) is 0 Å². The van der Waals surface area contributed by atoms with E-state index in [0.717, 1.165) is 12.0 Å². The largest absolute Gasteiger partial charge is 0.482 e. The third-order valence-electron chi connectivity index (χ3n) is 4.18. The van der Waals surface area contributed by atoms with Crippen LogP contribution < -0.4 is 10.1 Å². The van der Waals surface area contributed by atoms with Gasteiger partial charge in [-0.25, -0.2) is 0 Å². The van der Waals surface area contributed by atoms with Gasteiger partial charge in [0, 0.05) is 18.2 Å². The molecule has 0 saturated heterocycles. The van der Waals surface area contributed by atoms with E-state index in [2.05, 4.69) is 24.5 Å². The van der Waals surface area contributed by atoms with Gasteiger partial charge in [0.05, 0.1) is 5.69 Å². The van der Waals surface area contributed by atoms with Crippen molar-refractivity contribution < 1.29 is 14.3 Å². The minimum atomic E-state index is -0.180. The fourth-order valence-corrected chi connectivity index (χ4v) is 3.26. The van der Waals surface area contributed by atoms with E-state index in [1.807, 2.05) is 16.3 Å². The number of carbonyl (C=O) groups is 2. The molecule has 1 aliphatic rings. The summed E-state index contributed by atoms with van der Waals surface area (Å²) in [5.74, 6) is 0.333. The average molecular weight is 344 g/mol. The monoisotopic (exact) mass is 344 g/mol. The maximum absolute atomic E-state index is 13.0. The Kier molecular flexibility index (Phi) is 4.85. The summed E-state index contributed by atoms with van der Waals surface area (Å²) in [5.41, 5.74) is 2.31. The smallest absolute Gasteiger partial charge is 0.262 e. The number of benzene rings is 1. The van der Waals surface area contributed by atoms with Gasteiger partial charge in [0.1, 0.15) is 5.75 Å². The first kappa shape index (κ1) is 16.5. The highest BCUT2D eigenvalue weighted by molar-refractivity contribution is 7.07. The van der Waals surface area contributed by atoms with E-state index in [0.29, 0.717) is 23.5 Å². The first-order valence-corrected chi connectivity index (χ1v) is 8.91. The predicted molar refractivity (Wildman–Crippen MR) is 94.5 cm³/mol. The molecule has 1 aliphatic heterocycles. The van der Waals surface area contributed by atoms with Crippen LogP contribution in [0.15, 0.2) is 35.0 Å². The van der Waals surface area contributed by atoms with Crippen molar-refractivity contribution in [3.05, 3.63) is 46.2 Å². The van der Waals surface area contributed by atoms with E-state index >= 15 is 0 Å². The van der Waals surface area contributed by atoms with Crippen LogP contribution in [0.3, 0.4) is 0 Å². The highest BCUT2D eigenvalue weighted by Gasteiger charge is 2.23. The van der Waals surface area contributed by atoms with Gasteiger partial charge in [-0.15, -0.1) is 0 Å². The Morgan fingerprint density at radius 2 is 2.25 bits per heavy atom. The van der Waals surface area contributed by atoms with Gasteiger partial charge in [-0.05, 0) is 53.9 Å². The molecule has 1 N–H and O–H groups in total. The highest BCUT2D eigenvalue weighted by atomic mass is 32.1. The average Bonchev–Trinajstić information content (AvgIpc) is 3.11. The Morgan fingerprint density at radius 3 is 2.96 bits per heavy atom. The zero-order chi connectivity index (χ0) is 17.1. The van der Waals surface area contributed by atoms with E-state index in [9.17, 15) is 9.59 Å². The molecule has 126 valence electrons. The molecule has 1 aromatic carbocycles. The number of carbonyl (C=O) groups excluding carboxylic acids is 2. The number of rotatable bonds is 5. The molecule has 2 heterocycles. The maximum atomic E-state index is 13.0. The molecule has 0 bridgehead atoms. The van der Waals surface area contributed by atoms with Crippen LogP contribution in [-0.2, 0) is 11.3 Å².